The Bertz CT molecular complexity index is 630. The van der Waals surface area contributed by atoms with Crippen LogP contribution < -0.4 is 5.84 Å². The first-order chi connectivity index (χ1) is 8.16. The average Bonchev–Trinajstić information content (AvgIpc) is 2.80. The van der Waals surface area contributed by atoms with Gasteiger partial charge in [0.05, 0.1) is 16.8 Å². The molecule has 17 heavy (non-hydrogen) atoms. The van der Waals surface area contributed by atoms with E-state index in [9.17, 15) is 8.42 Å². The van der Waals surface area contributed by atoms with Crippen LogP contribution in [0.5, 0.6) is 0 Å². The SMILES string of the molecule is NN=Cc1cccn1S(=O)(=O)c1ccccc1. The molecular formula is C11H11N3O2S. The molecule has 5 nitrogen and oxygen atoms in total. The lowest BCUT2D eigenvalue weighted by Crippen LogP contribution is -2.14. The summed E-state index contributed by atoms with van der Waals surface area (Å²) in [5.41, 5.74) is 0.413. The minimum absolute atomic E-state index is 0.225. The van der Waals surface area contributed by atoms with E-state index in [1.165, 1.54) is 12.4 Å². The average molecular weight is 249 g/mol. The van der Waals surface area contributed by atoms with Crippen molar-refractivity contribution in [3.8, 4) is 0 Å². The van der Waals surface area contributed by atoms with Crippen LogP contribution in [0.1, 0.15) is 5.69 Å². The van der Waals surface area contributed by atoms with Crippen molar-refractivity contribution >= 4 is 16.2 Å². The van der Waals surface area contributed by atoms with Crippen LogP contribution in [0.3, 0.4) is 0 Å². The summed E-state index contributed by atoms with van der Waals surface area (Å²) in [5.74, 6) is 5.03. The molecule has 1 heterocycles. The number of benzene rings is 1. The fourth-order valence-corrected chi connectivity index (χ4v) is 2.82. The molecule has 0 bridgehead atoms. The predicted molar refractivity (Wildman–Crippen MR) is 65.2 cm³/mol. The number of hydrogen-bond acceptors (Lipinski definition) is 4. The van der Waals surface area contributed by atoms with E-state index in [2.05, 4.69) is 5.10 Å². The summed E-state index contributed by atoms with van der Waals surface area (Å²) >= 11 is 0. The van der Waals surface area contributed by atoms with E-state index >= 15 is 0 Å². The highest BCUT2D eigenvalue weighted by atomic mass is 32.2. The normalized spacial score (nSPS) is 12.0. The van der Waals surface area contributed by atoms with Gasteiger partial charge in [-0.2, -0.15) is 5.10 Å². The Morgan fingerprint density at radius 3 is 2.47 bits per heavy atom. The van der Waals surface area contributed by atoms with Crippen molar-refractivity contribution in [3.05, 3.63) is 54.4 Å². The summed E-state index contributed by atoms with van der Waals surface area (Å²) in [4.78, 5) is 0.225. The fourth-order valence-electron chi connectivity index (χ4n) is 1.48. The number of hydrazone groups is 1. The van der Waals surface area contributed by atoms with Gasteiger partial charge in [-0.3, -0.25) is 0 Å². The lowest BCUT2D eigenvalue weighted by molar-refractivity contribution is 0.587. The molecule has 0 fully saturated rings. The Labute approximate surface area is 99.2 Å². The monoisotopic (exact) mass is 249 g/mol. The van der Waals surface area contributed by atoms with Crippen LogP contribution >= 0.6 is 0 Å². The molecule has 0 aliphatic rings. The van der Waals surface area contributed by atoms with Crippen molar-refractivity contribution in [2.45, 2.75) is 4.90 Å². The van der Waals surface area contributed by atoms with Crippen LogP contribution in [0.2, 0.25) is 0 Å². The van der Waals surface area contributed by atoms with Crippen LogP contribution in [0.25, 0.3) is 0 Å². The van der Waals surface area contributed by atoms with E-state index in [0.717, 1.165) is 3.97 Å². The van der Waals surface area contributed by atoms with E-state index in [-0.39, 0.29) is 4.90 Å². The summed E-state index contributed by atoms with van der Waals surface area (Å²) in [7, 11) is -3.58. The molecule has 2 rings (SSSR count). The summed E-state index contributed by atoms with van der Waals surface area (Å²) < 4.78 is 25.6. The molecule has 88 valence electrons. The Morgan fingerprint density at radius 2 is 1.82 bits per heavy atom. The predicted octanol–water partition coefficient (Wildman–Crippen LogP) is 1.02. The Hall–Kier alpha value is -2.08. The molecule has 1 aromatic carbocycles. The molecule has 2 N–H and O–H groups in total. The summed E-state index contributed by atoms with van der Waals surface area (Å²) in [6.07, 6.45) is 2.75. The molecule has 0 saturated carbocycles. The van der Waals surface area contributed by atoms with E-state index in [1.807, 2.05) is 0 Å². The van der Waals surface area contributed by atoms with Gasteiger partial charge in [-0.1, -0.05) is 18.2 Å². The first-order valence-electron chi connectivity index (χ1n) is 4.87. The van der Waals surface area contributed by atoms with Crippen molar-refractivity contribution < 1.29 is 8.42 Å². The zero-order valence-corrected chi connectivity index (χ0v) is 9.71. The molecule has 0 aliphatic carbocycles. The maximum Gasteiger partial charge on any atom is 0.268 e. The summed E-state index contributed by atoms with van der Waals surface area (Å²) in [6.45, 7) is 0. The van der Waals surface area contributed by atoms with Gasteiger partial charge in [0.15, 0.2) is 0 Å². The first kappa shape index (κ1) is 11.4. The van der Waals surface area contributed by atoms with Crippen LogP contribution in [-0.2, 0) is 10.0 Å². The molecule has 0 unspecified atom stereocenters. The Morgan fingerprint density at radius 1 is 1.12 bits per heavy atom. The van der Waals surface area contributed by atoms with Crippen LogP contribution in [0, 0.1) is 0 Å². The van der Waals surface area contributed by atoms with Gasteiger partial charge in [-0.15, -0.1) is 0 Å². The molecule has 6 heteroatoms. The second-order valence-corrected chi connectivity index (χ2v) is 5.14. The number of hydrogen-bond donors (Lipinski definition) is 1. The van der Waals surface area contributed by atoms with Crippen molar-refractivity contribution in [3.63, 3.8) is 0 Å². The van der Waals surface area contributed by atoms with Gasteiger partial charge in [0, 0.05) is 6.20 Å². The van der Waals surface area contributed by atoms with Gasteiger partial charge in [-0.25, -0.2) is 12.4 Å². The van der Waals surface area contributed by atoms with Gasteiger partial charge < -0.3 is 5.84 Å². The van der Waals surface area contributed by atoms with Gasteiger partial charge in [0.1, 0.15) is 0 Å². The molecule has 0 atom stereocenters. The van der Waals surface area contributed by atoms with Gasteiger partial charge in [0.2, 0.25) is 0 Å². The van der Waals surface area contributed by atoms with E-state index < -0.39 is 10.0 Å². The zero-order valence-electron chi connectivity index (χ0n) is 8.89. The maximum atomic E-state index is 12.3. The summed E-state index contributed by atoms with van der Waals surface area (Å²) in [6, 6.07) is 11.4. The molecule has 0 spiro atoms. The maximum absolute atomic E-state index is 12.3. The molecular weight excluding hydrogens is 238 g/mol. The van der Waals surface area contributed by atoms with Crippen LogP contribution in [0.4, 0.5) is 0 Å². The van der Waals surface area contributed by atoms with Gasteiger partial charge in [-0.05, 0) is 24.3 Å². The van der Waals surface area contributed by atoms with Crippen LogP contribution in [0.15, 0.2) is 58.7 Å². The molecule has 0 aliphatic heterocycles. The number of aromatic nitrogens is 1. The minimum Gasteiger partial charge on any atom is -0.323 e. The minimum atomic E-state index is -3.58. The van der Waals surface area contributed by atoms with E-state index in [4.69, 9.17) is 5.84 Å². The third-order valence-corrected chi connectivity index (χ3v) is 3.97. The summed E-state index contributed by atoms with van der Waals surface area (Å²) in [5, 5.41) is 3.34. The fraction of sp³-hybridized carbons (Fsp3) is 0. The van der Waals surface area contributed by atoms with Crippen molar-refractivity contribution in [2.24, 2.45) is 10.9 Å². The molecule has 2 aromatic rings. The quantitative estimate of drug-likeness (QED) is 0.501. The van der Waals surface area contributed by atoms with E-state index in [0.29, 0.717) is 5.69 Å². The van der Waals surface area contributed by atoms with E-state index in [1.54, 1.807) is 42.5 Å². The van der Waals surface area contributed by atoms with Crippen LogP contribution in [-0.4, -0.2) is 18.6 Å². The molecule has 0 saturated heterocycles. The topological polar surface area (TPSA) is 77.4 Å². The number of nitrogens with zero attached hydrogens (tertiary/aromatic N) is 2. The second-order valence-electron chi connectivity index (χ2n) is 3.33. The van der Waals surface area contributed by atoms with Crippen molar-refractivity contribution in [1.29, 1.82) is 0 Å². The largest absolute Gasteiger partial charge is 0.323 e. The Kier molecular flexibility index (Phi) is 2.97. The van der Waals surface area contributed by atoms with Crippen molar-refractivity contribution in [1.82, 2.24) is 3.97 Å². The molecule has 0 radical (unpaired) electrons. The standard InChI is InChI=1S/C11H11N3O2S/c12-13-9-10-5-4-8-14(10)17(15,16)11-6-2-1-3-7-11/h1-9H,12H2. The van der Waals surface area contributed by atoms with Gasteiger partial charge >= 0.3 is 0 Å². The van der Waals surface area contributed by atoms with Gasteiger partial charge in [0.25, 0.3) is 10.0 Å². The smallest absolute Gasteiger partial charge is 0.268 e. The molecule has 0 amide bonds. The Balaban J connectivity index is 2.57. The first-order valence-corrected chi connectivity index (χ1v) is 6.31. The lowest BCUT2D eigenvalue weighted by Gasteiger charge is -2.07. The second kappa shape index (κ2) is 4.42. The van der Waals surface area contributed by atoms with Crippen molar-refractivity contribution in [2.75, 3.05) is 0 Å². The third-order valence-electron chi connectivity index (χ3n) is 2.25. The highest BCUT2D eigenvalue weighted by molar-refractivity contribution is 7.90. The number of nitrogens with two attached hydrogens (primary N) is 1. The number of rotatable bonds is 3. The third kappa shape index (κ3) is 2.07. The highest BCUT2D eigenvalue weighted by Gasteiger charge is 2.17. The highest BCUT2D eigenvalue weighted by Crippen LogP contribution is 2.15. The molecule has 1 aromatic heterocycles. The zero-order chi connectivity index (χ0) is 12.3. The lowest BCUT2D eigenvalue weighted by atomic mass is 10.4.